The summed E-state index contributed by atoms with van der Waals surface area (Å²) >= 11 is 0. The van der Waals surface area contributed by atoms with Crippen LogP contribution in [0.15, 0.2) is 18.5 Å². The highest BCUT2D eigenvalue weighted by Gasteiger charge is 2.43. The fourth-order valence-electron chi connectivity index (χ4n) is 3.42. The van der Waals surface area contributed by atoms with Crippen molar-refractivity contribution in [3.05, 3.63) is 29.8 Å². The summed E-state index contributed by atoms with van der Waals surface area (Å²) < 4.78 is 13.9. The molecule has 3 amide bonds. The molecule has 1 aromatic heterocycles. The molecule has 3 aliphatic heterocycles. The summed E-state index contributed by atoms with van der Waals surface area (Å²) in [5, 5.41) is 0. The molecule has 25 heavy (non-hydrogen) atoms. The number of piperidine rings is 1. The Labute approximate surface area is 145 Å². The van der Waals surface area contributed by atoms with Crippen molar-refractivity contribution in [3.8, 4) is 0 Å². The van der Waals surface area contributed by atoms with E-state index in [2.05, 4.69) is 4.98 Å². The van der Waals surface area contributed by atoms with E-state index in [4.69, 9.17) is 0 Å². The van der Waals surface area contributed by atoms with Crippen LogP contribution < -0.4 is 0 Å². The summed E-state index contributed by atoms with van der Waals surface area (Å²) in [6.07, 6.45) is 3.79. The Morgan fingerprint density at radius 2 is 2.08 bits per heavy atom. The van der Waals surface area contributed by atoms with Crippen LogP contribution >= 0.6 is 0 Å². The van der Waals surface area contributed by atoms with E-state index in [0.29, 0.717) is 13.0 Å². The molecule has 0 saturated carbocycles. The van der Waals surface area contributed by atoms with Crippen molar-refractivity contribution in [2.45, 2.75) is 18.9 Å². The lowest BCUT2D eigenvalue weighted by Gasteiger charge is -2.35. The summed E-state index contributed by atoms with van der Waals surface area (Å²) in [7, 11) is 3.29. The smallest absolute Gasteiger partial charge is 0.257 e. The van der Waals surface area contributed by atoms with Gasteiger partial charge in [0, 0.05) is 39.4 Å². The van der Waals surface area contributed by atoms with Gasteiger partial charge in [-0.3, -0.25) is 19.4 Å². The Kier molecular flexibility index (Phi) is 4.69. The van der Waals surface area contributed by atoms with Gasteiger partial charge in [0.15, 0.2) is 5.82 Å². The average molecular weight is 348 g/mol. The zero-order chi connectivity index (χ0) is 18.1. The number of nitrogens with zero attached hydrogens (tertiary/aromatic N) is 4. The van der Waals surface area contributed by atoms with E-state index in [9.17, 15) is 18.8 Å². The van der Waals surface area contributed by atoms with Crippen LogP contribution in [0.3, 0.4) is 0 Å². The fourth-order valence-corrected chi connectivity index (χ4v) is 3.42. The lowest BCUT2D eigenvalue weighted by Crippen LogP contribution is -2.51. The molecule has 0 N–H and O–H groups in total. The number of likely N-dealkylation sites (N-methyl/N-ethyl adjacent to an activating group) is 1. The molecule has 1 aromatic rings. The molecule has 134 valence electrons. The normalized spacial score (nSPS) is 22.8. The molecular weight excluding hydrogens is 327 g/mol. The molecule has 3 fully saturated rings. The van der Waals surface area contributed by atoms with E-state index in [1.165, 1.54) is 22.1 Å². The maximum absolute atomic E-state index is 13.9. The number of amides is 3. The first-order valence-electron chi connectivity index (χ1n) is 8.28. The van der Waals surface area contributed by atoms with Gasteiger partial charge in [-0.25, -0.2) is 4.39 Å². The number of fused-ring (bicyclic) bond motifs is 4. The zero-order valence-corrected chi connectivity index (χ0v) is 14.3. The van der Waals surface area contributed by atoms with Gasteiger partial charge in [0.05, 0.1) is 17.7 Å². The molecule has 0 aliphatic carbocycles. The number of hydrogen-bond acceptors (Lipinski definition) is 4. The summed E-state index contributed by atoms with van der Waals surface area (Å²) in [6, 6.07) is 1.13. The van der Waals surface area contributed by atoms with Crippen LogP contribution in [0.5, 0.6) is 0 Å². The van der Waals surface area contributed by atoms with E-state index < -0.39 is 11.7 Å². The second-order valence-electron chi connectivity index (χ2n) is 6.75. The van der Waals surface area contributed by atoms with Gasteiger partial charge in [0.2, 0.25) is 11.8 Å². The molecule has 2 bridgehead atoms. The standard InChI is InChI=1S/C17H21FN4O3/c1-20(2)15(23)10-22-12-4-3-11(16(22)24)8-21(9-12)17(25)13-5-6-19-7-14(13)18/h5-7,11-12H,3-4,8-10H2,1-2H3/t11-,12+/m1/s1. The van der Waals surface area contributed by atoms with Crippen LogP contribution in [0.4, 0.5) is 4.39 Å². The predicted molar refractivity (Wildman–Crippen MR) is 87.0 cm³/mol. The van der Waals surface area contributed by atoms with Crippen LogP contribution in [0.2, 0.25) is 0 Å². The van der Waals surface area contributed by atoms with Crippen molar-refractivity contribution < 1.29 is 18.8 Å². The Morgan fingerprint density at radius 1 is 1.32 bits per heavy atom. The van der Waals surface area contributed by atoms with Crippen LogP contribution in [-0.2, 0) is 9.59 Å². The van der Waals surface area contributed by atoms with Crippen molar-refractivity contribution in [1.29, 1.82) is 0 Å². The van der Waals surface area contributed by atoms with Crippen LogP contribution in [0.1, 0.15) is 23.2 Å². The first kappa shape index (κ1) is 17.3. The van der Waals surface area contributed by atoms with Gasteiger partial charge in [-0.1, -0.05) is 0 Å². The molecule has 4 heterocycles. The van der Waals surface area contributed by atoms with E-state index in [0.717, 1.165) is 12.6 Å². The third-order valence-corrected chi connectivity index (χ3v) is 4.89. The molecule has 0 radical (unpaired) electrons. The minimum absolute atomic E-state index is 0.0125. The van der Waals surface area contributed by atoms with E-state index >= 15 is 0 Å². The Bertz CT molecular complexity index is 709. The van der Waals surface area contributed by atoms with Gasteiger partial charge in [0.1, 0.15) is 6.54 Å². The number of carbonyl (C=O) groups excluding carboxylic acids is 3. The van der Waals surface area contributed by atoms with E-state index in [1.807, 2.05) is 0 Å². The second kappa shape index (κ2) is 6.78. The molecule has 3 aliphatic rings. The van der Waals surface area contributed by atoms with Gasteiger partial charge in [-0.05, 0) is 18.9 Å². The number of aromatic nitrogens is 1. The van der Waals surface area contributed by atoms with Crippen LogP contribution in [0.25, 0.3) is 0 Å². The van der Waals surface area contributed by atoms with Crippen molar-refractivity contribution in [3.63, 3.8) is 0 Å². The van der Waals surface area contributed by atoms with E-state index in [-0.39, 0.29) is 42.4 Å². The Hall–Kier alpha value is -2.51. The summed E-state index contributed by atoms with van der Waals surface area (Å²) in [4.78, 5) is 45.6. The van der Waals surface area contributed by atoms with Gasteiger partial charge in [-0.15, -0.1) is 0 Å². The first-order chi connectivity index (χ1) is 11.9. The third-order valence-electron chi connectivity index (χ3n) is 4.89. The molecule has 2 atom stereocenters. The summed E-state index contributed by atoms with van der Waals surface area (Å²) in [5.41, 5.74) is -0.0420. The third kappa shape index (κ3) is 3.33. The predicted octanol–water partition coefficient (Wildman–Crippen LogP) is 0.372. The minimum atomic E-state index is -0.671. The minimum Gasteiger partial charge on any atom is -0.347 e. The first-order valence-corrected chi connectivity index (χ1v) is 8.28. The highest BCUT2D eigenvalue weighted by Crippen LogP contribution is 2.30. The highest BCUT2D eigenvalue weighted by molar-refractivity contribution is 5.95. The highest BCUT2D eigenvalue weighted by atomic mass is 19.1. The van der Waals surface area contributed by atoms with Crippen LogP contribution in [0, 0.1) is 11.7 Å². The maximum Gasteiger partial charge on any atom is 0.257 e. The van der Waals surface area contributed by atoms with Gasteiger partial charge in [-0.2, -0.15) is 0 Å². The second-order valence-corrected chi connectivity index (χ2v) is 6.75. The molecule has 0 unspecified atom stereocenters. The molecule has 0 spiro atoms. The largest absolute Gasteiger partial charge is 0.347 e. The maximum atomic E-state index is 13.9. The molecular formula is C17H21FN4O3. The average Bonchev–Trinajstić information content (AvgIpc) is 2.87. The quantitative estimate of drug-likeness (QED) is 0.791. The van der Waals surface area contributed by atoms with Crippen molar-refractivity contribution in [2.75, 3.05) is 33.7 Å². The zero-order valence-electron chi connectivity index (χ0n) is 14.3. The molecule has 4 rings (SSSR count). The number of carbonyl (C=O) groups is 3. The lowest BCUT2D eigenvalue weighted by atomic mass is 9.94. The monoisotopic (exact) mass is 348 g/mol. The summed E-state index contributed by atoms with van der Waals surface area (Å²) in [5.74, 6) is -1.71. The molecule has 3 saturated heterocycles. The van der Waals surface area contributed by atoms with Crippen LogP contribution in [-0.4, -0.2) is 77.2 Å². The Balaban J connectivity index is 1.81. The number of pyridine rings is 1. The van der Waals surface area contributed by atoms with Gasteiger partial charge in [0.25, 0.3) is 5.91 Å². The Morgan fingerprint density at radius 3 is 2.76 bits per heavy atom. The molecule has 8 heteroatoms. The number of rotatable bonds is 3. The van der Waals surface area contributed by atoms with Crippen molar-refractivity contribution in [2.24, 2.45) is 5.92 Å². The summed E-state index contributed by atoms with van der Waals surface area (Å²) in [6.45, 7) is 0.574. The topological polar surface area (TPSA) is 73.8 Å². The molecule has 7 nitrogen and oxygen atoms in total. The fraction of sp³-hybridized carbons (Fsp3) is 0.529. The number of halogens is 1. The van der Waals surface area contributed by atoms with E-state index in [1.54, 1.807) is 19.0 Å². The van der Waals surface area contributed by atoms with Crippen molar-refractivity contribution >= 4 is 17.7 Å². The van der Waals surface area contributed by atoms with Gasteiger partial charge >= 0.3 is 0 Å². The van der Waals surface area contributed by atoms with Crippen molar-refractivity contribution in [1.82, 2.24) is 19.7 Å². The molecule has 0 aromatic carbocycles. The number of hydrogen-bond donors (Lipinski definition) is 0. The lowest BCUT2D eigenvalue weighted by molar-refractivity contribution is -0.145. The van der Waals surface area contributed by atoms with Gasteiger partial charge < -0.3 is 14.7 Å². The SMILES string of the molecule is CN(C)C(=O)CN1C(=O)[C@@H]2CC[C@H]1CN(C(=O)c1ccncc1F)C2.